The molecule has 0 bridgehead atoms. The highest BCUT2D eigenvalue weighted by Gasteiger charge is 2.15. The van der Waals surface area contributed by atoms with Crippen molar-refractivity contribution in [3.05, 3.63) is 45.5 Å². The van der Waals surface area contributed by atoms with Crippen molar-refractivity contribution >= 4 is 22.9 Å². The van der Waals surface area contributed by atoms with Gasteiger partial charge in [-0.2, -0.15) is 0 Å². The summed E-state index contributed by atoms with van der Waals surface area (Å²) in [6, 6.07) is 5.32. The summed E-state index contributed by atoms with van der Waals surface area (Å²) >= 11 is 7.42. The number of nitrogens with two attached hydrogens (primary N) is 1. The van der Waals surface area contributed by atoms with E-state index in [2.05, 4.69) is 0 Å². The Balaban J connectivity index is 2.33. The standard InChI is InChI=1S/C9H8ClNOS/c10-9-6(3-5-13-9)8(11)7-2-1-4-12-7/h1-5,8H,11H2. The van der Waals surface area contributed by atoms with Crippen LogP contribution in [-0.2, 0) is 0 Å². The first-order chi connectivity index (χ1) is 6.29. The predicted octanol–water partition coefficient (Wildman–Crippen LogP) is 3.04. The van der Waals surface area contributed by atoms with E-state index in [1.54, 1.807) is 6.26 Å². The molecule has 2 aromatic heterocycles. The van der Waals surface area contributed by atoms with Gasteiger partial charge in [-0.1, -0.05) is 11.6 Å². The fourth-order valence-electron chi connectivity index (χ4n) is 1.15. The number of halogens is 1. The lowest BCUT2D eigenvalue weighted by atomic mass is 10.1. The summed E-state index contributed by atoms with van der Waals surface area (Å²) in [5.74, 6) is 0.736. The van der Waals surface area contributed by atoms with Crippen LogP contribution in [0, 0.1) is 0 Å². The van der Waals surface area contributed by atoms with Crippen molar-refractivity contribution in [1.82, 2.24) is 0 Å². The van der Waals surface area contributed by atoms with Crippen molar-refractivity contribution in [2.24, 2.45) is 5.73 Å². The normalized spacial score (nSPS) is 13.1. The Kier molecular flexibility index (Phi) is 2.40. The van der Waals surface area contributed by atoms with Crippen molar-refractivity contribution in [2.75, 3.05) is 0 Å². The van der Waals surface area contributed by atoms with Gasteiger partial charge < -0.3 is 10.2 Å². The van der Waals surface area contributed by atoms with Gasteiger partial charge >= 0.3 is 0 Å². The van der Waals surface area contributed by atoms with Gasteiger partial charge in [-0.15, -0.1) is 11.3 Å². The SMILES string of the molecule is NC(c1ccco1)c1ccsc1Cl. The fraction of sp³-hybridized carbons (Fsp3) is 0.111. The van der Waals surface area contributed by atoms with Crippen LogP contribution in [0.3, 0.4) is 0 Å². The second kappa shape index (κ2) is 3.54. The highest BCUT2D eigenvalue weighted by molar-refractivity contribution is 7.14. The van der Waals surface area contributed by atoms with E-state index >= 15 is 0 Å². The Labute approximate surface area is 84.9 Å². The molecule has 2 nitrogen and oxygen atoms in total. The second-order valence-electron chi connectivity index (χ2n) is 2.64. The summed E-state index contributed by atoms with van der Waals surface area (Å²) in [5.41, 5.74) is 6.85. The molecule has 0 amide bonds. The zero-order valence-corrected chi connectivity index (χ0v) is 8.31. The molecule has 0 aliphatic rings. The Morgan fingerprint density at radius 3 is 2.85 bits per heavy atom. The van der Waals surface area contributed by atoms with Crippen LogP contribution >= 0.6 is 22.9 Å². The fourth-order valence-corrected chi connectivity index (χ4v) is 2.15. The molecular formula is C9H8ClNOS. The highest BCUT2D eigenvalue weighted by Crippen LogP contribution is 2.30. The van der Waals surface area contributed by atoms with Crippen molar-refractivity contribution in [1.29, 1.82) is 0 Å². The highest BCUT2D eigenvalue weighted by atomic mass is 35.5. The molecule has 13 heavy (non-hydrogen) atoms. The van der Waals surface area contributed by atoms with Gasteiger partial charge in [0, 0.05) is 5.56 Å². The number of thiophene rings is 1. The number of furan rings is 1. The van der Waals surface area contributed by atoms with E-state index < -0.39 is 0 Å². The van der Waals surface area contributed by atoms with Gasteiger partial charge in [0.25, 0.3) is 0 Å². The first-order valence-corrected chi connectivity index (χ1v) is 5.06. The number of rotatable bonds is 2. The minimum atomic E-state index is -0.256. The summed E-state index contributed by atoms with van der Waals surface area (Å²) in [6.45, 7) is 0. The van der Waals surface area contributed by atoms with Crippen LogP contribution in [0.25, 0.3) is 0 Å². The van der Waals surface area contributed by atoms with E-state index in [1.807, 2.05) is 23.6 Å². The first-order valence-electron chi connectivity index (χ1n) is 3.81. The van der Waals surface area contributed by atoms with E-state index in [9.17, 15) is 0 Å². The van der Waals surface area contributed by atoms with Gasteiger partial charge in [0.15, 0.2) is 0 Å². The zero-order valence-electron chi connectivity index (χ0n) is 6.74. The Morgan fingerprint density at radius 1 is 1.46 bits per heavy atom. The molecule has 1 atom stereocenters. The lowest BCUT2D eigenvalue weighted by molar-refractivity contribution is 0.490. The zero-order chi connectivity index (χ0) is 9.26. The molecule has 2 N–H and O–H groups in total. The van der Waals surface area contributed by atoms with Gasteiger partial charge in [0.2, 0.25) is 0 Å². The smallest absolute Gasteiger partial charge is 0.125 e. The van der Waals surface area contributed by atoms with Crippen LogP contribution < -0.4 is 5.73 Å². The molecule has 68 valence electrons. The Bertz CT molecular complexity index is 382. The third-order valence-electron chi connectivity index (χ3n) is 1.83. The molecule has 2 heterocycles. The van der Waals surface area contributed by atoms with E-state index in [0.717, 1.165) is 15.7 Å². The molecule has 0 fully saturated rings. The average molecular weight is 214 g/mol. The summed E-state index contributed by atoms with van der Waals surface area (Å²) in [5, 5.41) is 1.92. The minimum Gasteiger partial charge on any atom is -0.467 e. The first kappa shape index (κ1) is 8.81. The Morgan fingerprint density at radius 2 is 2.31 bits per heavy atom. The maximum absolute atomic E-state index is 5.95. The molecule has 4 heteroatoms. The number of hydrogen-bond donors (Lipinski definition) is 1. The topological polar surface area (TPSA) is 39.2 Å². The van der Waals surface area contributed by atoms with Crippen molar-refractivity contribution in [3.8, 4) is 0 Å². The van der Waals surface area contributed by atoms with E-state index in [0.29, 0.717) is 0 Å². The molecule has 0 aliphatic carbocycles. The molecule has 0 radical (unpaired) electrons. The van der Waals surface area contributed by atoms with Gasteiger partial charge in [0.05, 0.1) is 16.6 Å². The number of hydrogen-bond acceptors (Lipinski definition) is 3. The van der Waals surface area contributed by atoms with Gasteiger partial charge in [-0.3, -0.25) is 0 Å². The predicted molar refractivity (Wildman–Crippen MR) is 54.1 cm³/mol. The van der Waals surface area contributed by atoms with Gasteiger partial charge in [-0.05, 0) is 23.6 Å². The van der Waals surface area contributed by atoms with Crippen LogP contribution in [0.15, 0.2) is 34.3 Å². The maximum atomic E-state index is 5.95. The molecule has 2 rings (SSSR count). The lowest BCUT2D eigenvalue weighted by Crippen LogP contribution is -2.09. The molecule has 0 saturated carbocycles. The molecule has 0 saturated heterocycles. The molecule has 0 spiro atoms. The third kappa shape index (κ3) is 1.63. The summed E-state index contributed by atoms with van der Waals surface area (Å²) in [6.07, 6.45) is 1.61. The second-order valence-corrected chi connectivity index (χ2v) is 4.16. The lowest BCUT2D eigenvalue weighted by Gasteiger charge is -2.06. The molecule has 2 aromatic rings. The van der Waals surface area contributed by atoms with Crippen molar-refractivity contribution < 1.29 is 4.42 Å². The van der Waals surface area contributed by atoms with Crippen LogP contribution in [0.1, 0.15) is 17.4 Å². The third-order valence-corrected chi connectivity index (χ3v) is 3.03. The molecule has 0 aromatic carbocycles. The summed E-state index contributed by atoms with van der Waals surface area (Å²) in [4.78, 5) is 0. The van der Waals surface area contributed by atoms with E-state index in [-0.39, 0.29) is 6.04 Å². The van der Waals surface area contributed by atoms with Gasteiger partial charge in [-0.25, -0.2) is 0 Å². The van der Waals surface area contributed by atoms with Crippen molar-refractivity contribution in [3.63, 3.8) is 0 Å². The molecule has 1 unspecified atom stereocenters. The van der Waals surface area contributed by atoms with Gasteiger partial charge in [0.1, 0.15) is 5.76 Å². The minimum absolute atomic E-state index is 0.256. The van der Waals surface area contributed by atoms with Crippen LogP contribution in [0.2, 0.25) is 4.34 Å². The van der Waals surface area contributed by atoms with E-state index in [1.165, 1.54) is 11.3 Å². The van der Waals surface area contributed by atoms with Crippen LogP contribution in [0.4, 0.5) is 0 Å². The van der Waals surface area contributed by atoms with Crippen molar-refractivity contribution in [2.45, 2.75) is 6.04 Å². The summed E-state index contributed by atoms with van der Waals surface area (Å²) < 4.78 is 5.92. The van der Waals surface area contributed by atoms with E-state index in [4.69, 9.17) is 21.8 Å². The maximum Gasteiger partial charge on any atom is 0.125 e. The average Bonchev–Trinajstić information content (AvgIpc) is 2.72. The van der Waals surface area contributed by atoms with Crippen LogP contribution in [0.5, 0.6) is 0 Å². The molecule has 0 aliphatic heterocycles. The monoisotopic (exact) mass is 213 g/mol. The summed E-state index contributed by atoms with van der Waals surface area (Å²) in [7, 11) is 0. The Hall–Kier alpha value is -0.770. The quantitative estimate of drug-likeness (QED) is 0.833. The molecular weight excluding hydrogens is 206 g/mol. The largest absolute Gasteiger partial charge is 0.467 e. The van der Waals surface area contributed by atoms with Crippen LogP contribution in [-0.4, -0.2) is 0 Å².